The van der Waals surface area contributed by atoms with Crippen molar-refractivity contribution in [2.24, 2.45) is 0 Å². The number of aliphatic carboxylic acids is 1. The highest BCUT2D eigenvalue weighted by atomic mass is 16.4. The van der Waals surface area contributed by atoms with E-state index < -0.39 is 5.97 Å². The zero-order valence-electron chi connectivity index (χ0n) is 9.72. The molecule has 0 aliphatic rings. The molecule has 0 spiro atoms. The normalized spacial score (nSPS) is 11.8. The molecule has 0 bridgehead atoms. The fourth-order valence-electron chi connectivity index (χ4n) is 1.47. The van der Waals surface area contributed by atoms with Gasteiger partial charge in [-0.3, -0.25) is 14.6 Å². The third kappa shape index (κ3) is 5.10. The van der Waals surface area contributed by atoms with E-state index in [4.69, 9.17) is 5.11 Å². The van der Waals surface area contributed by atoms with Gasteiger partial charge in [-0.05, 0) is 24.1 Å². The molecule has 1 aromatic rings. The Bertz CT molecular complexity index is 379. The van der Waals surface area contributed by atoms with Crippen LogP contribution >= 0.6 is 0 Å². The Labute approximate surface area is 99.9 Å². The van der Waals surface area contributed by atoms with Crippen LogP contribution in [0.25, 0.3) is 0 Å². The first-order valence-corrected chi connectivity index (χ1v) is 5.52. The summed E-state index contributed by atoms with van der Waals surface area (Å²) >= 11 is 0. The number of carbonyl (C=O) groups is 2. The molecule has 0 radical (unpaired) electrons. The van der Waals surface area contributed by atoms with Crippen LogP contribution in [0.15, 0.2) is 24.5 Å². The van der Waals surface area contributed by atoms with Gasteiger partial charge >= 0.3 is 5.97 Å². The summed E-state index contributed by atoms with van der Waals surface area (Å²) in [4.78, 5) is 26.0. The van der Waals surface area contributed by atoms with E-state index in [1.807, 2.05) is 6.92 Å². The molecule has 0 aliphatic carbocycles. The number of hydrogen-bond donors (Lipinski definition) is 2. The van der Waals surface area contributed by atoms with Crippen molar-refractivity contribution < 1.29 is 14.7 Å². The number of hydrogen-bond acceptors (Lipinski definition) is 3. The lowest BCUT2D eigenvalue weighted by Crippen LogP contribution is -2.36. The quantitative estimate of drug-likeness (QED) is 0.772. The van der Waals surface area contributed by atoms with Crippen LogP contribution < -0.4 is 5.32 Å². The van der Waals surface area contributed by atoms with E-state index in [-0.39, 0.29) is 24.8 Å². The highest BCUT2D eigenvalue weighted by Crippen LogP contribution is 2.01. The molecule has 1 rings (SSSR count). The number of pyridine rings is 1. The maximum atomic E-state index is 11.6. The largest absolute Gasteiger partial charge is 0.481 e. The van der Waals surface area contributed by atoms with Crippen LogP contribution in [0.3, 0.4) is 0 Å². The van der Waals surface area contributed by atoms with Gasteiger partial charge in [0.25, 0.3) is 0 Å². The molecule has 0 saturated heterocycles. The summed E-state index contributed by atoms with van der Waals surface area (Å²) in [5.74, 6) is -1.06. The van der Waals surface area contributed by atoms with Gasteiger partial charge in [-0.15, -0.1) is 0 Å². The highest BCUT2D eigenvalue weighted by molar-refractivity contribution is 5.79. The first-order valence-electron chi connectivity index (χ1n) is 5.52. The zero-order chi connectivity index (χ0) is 12.7. The van der Waals surface area contributed by atoms with Crippen molar-refractivity contribution in [3.05, 3.63) is 30.1 Å². The van der Waals surface area contributed by atoms with Crippen molar-refractivity contribution in [1.29, 1.82) is 0 Å². The maximum Gasteiger partial charge on any atom is 0.305 e. The summed E-state index contributed by atoms with van der Waals surface area (Å²) in [7, 11) is 0. The fourth-order valence-corrected chi connectivity index (χ4v) is 1.47. The van der Waals surface area contributed by atoms with Gasteiger partial charge in [0, 0.05) is 18.4 Å². The molecule has 1 atom stereocenters. The van der Waals surface area contributed by atoms with Crippen molar-refractivity contribution in [3.63, 3.8) is 0 Å². The predicted molar refractivity (Wildman–Crippen MR) is 62.4 cm³/mol. The lowest BCUT2D eigenvalue weighted by Gasteiger charge is -2.14. The predicted octanol–water partition coefficient (Wildman–Crippen LogP) is 0.994. The van der Waals surface area contributed by atoms with Gasteiger partial charge in [0.15, 0.2) is 0 Å². The summed E-state index contributed by atoms with van der Waals surface area (Å²) in [6, 6.07) is 3.22. The Morgan fingerprint density at radius 3 is 2.59 bits per heavy atom. The second kappa shape index (κ2) is 6.62. The van der Waals surface area contributed by atoms with Gasteiger partial charge in [-0.2, -0.15) is 0 Å². The van der Waals surface area contributed by atoms with Gasteiger partial charge in [-0.1, -0.05) is 6.92 Å². The minimum Gasteiger partial charge on any atom is -0.481 e. The number of aromatic nitrogens is 1. The molecule has 0 fully saturated rings. The number of carboxylic acids is 1. The molecule has 0 aliphatic heterocycles. The SMILES string of the molecule is CCC(CC(=O)O)NC(=O)Cc1ccncc1. The Morgan fingerprint density at radius 1 is 1.41 bits per heavy atom. The van der Waals surface area contributed by atoms with Gasteiger partial charge in [0.1, 0.15) is 0 Å². The van der Waals surface area contributed by atoms with E-state index in [2.05, 4.69) is 10.3 Å². The smallest absolute Gasteiger partial charge is 0.305 e. The van der Waals surface area contributed by atoms with Crippen LogP contribution in [0.5, 0.6) is 0 Å². The third-order valence-corrected chi connectivity index (χ3v) is 2.39. The van der Waals surface area contributed by atoms with Gasteiger partial charge in [0.05, 0.1) is 12.8 Å². The molecule has 1 heterocycles. The van der Waals surface area contributed by atoms with Crippen LogP contribution in [0.4, 0.5) is 0 Å². The minimum atomic E-state index is -0.902. The number of amides is 1. The van der Waals surface area contributed by atoms with E-state index in [0.717, 1.165) is 5.56 Å². The van der Waals surface area contributed by atoms with Crippen LogP contribution in [0, 0.1) is 0 Å². The van der Waals surface area contributed by atoms with Crippen molar-refractivity contribution in [1.82, 2.24) is 10.3 Å². The van der Waals surface area contributed by atoms with Gasteiger partial charge in [0.2, 0.25) is 5.91 Å². The molecule has 17 heavy (non-hydrogen) atoms. The summed E-state index contributed by atoms with van der Waals surface area (Å²) in [5, 5.41) is 11.4. The number of carboxylic acid groups (broad SMARTS) is 1. The van der Waals surface area contributed by atoms with Crippen LogP contribution in [-0.4, -0.2) is 28.0 Å². The maximum absolute atomic E-state index is 11.6. The zero-order valence-corrected chi connectivity index (χ0v) is 9.72. The average molecular weight is 236 g/mol. The van der Waals surface area contributed by atoms with Gasteiger partial charge in [-0.25, -0.2) is 0 Å². The van der Waals surface area contributed by atoms with E-state index in [1.165, 1.54) is 0 Å². The third-order valence-electron chi connectivity index (χ3n) is 2.39. The molecule has 5 heteroatoms. The summed E-state index contributed by atoms with van der Waals surface area (Å²) in [6.07, 6.45) is 4.06. The number of nitrogens with one attached hydrogen (secondary N) is 1. The molecule has 1 unspecified atom stereocenters. The van der Waals surface area contributed by atoms with E-state index in [1.54, 1.807) is 24.5 Å². The standard InChI is InChI=1S/C12H16N2O3/c1-2-10(8-12(16)17)14-11(15)7-9-3-5-13-6-4-9/h3-6,10H,2,7-8H2,1H3,(H,14,15)(H,16,17). The van der Waals surface area contributed by atoms with Crippen molar-refractivity contribution >= 4 is 11.9 Å². The lowest BCUT2D eigenvalue weighted by molar-refractivity contribution is -0.137. The summed E-state index contributed by atoms with van der Waals surface area (Å²) in [6.45, 7) is 1.85. The van der Waals surface area contributed by atoms with E-state index in [0.29, 0.717) is 6.42 Å². The molecule has 0 saturated carbocycles. The lowest BCUT2D eigenvalue weighted by atomic mass is 10.1. The fraction of sp³-hybridized carbons (Fsp3) is 0.417. The van der Waals surface area contributed by atoms with E-state index in [9.17, 15) is 9.59 Å². The number of rotatable bonds is 6. The molecule has 1 amide bonds. The summed E-state index contributed by atoms with van der Waals surface area (Å²) < 4.78 is 0. The monoisotopic (exact) mass is 236 g/mol. The second-order valence-electron chi connectivity index (χ2n) is 3.80. The van der Waals surface area contributed by atoms with Crippen LogP contribution in [0.1, 0.15) is 25.3 Å². The van der Waals surface area contributed by atoms with Crippen molar-refractivity contribution in [2.45, 2.75) is 32.2 Å². The Kier molecular flexibility index (Phi) is 5.13. The van der Waals surface area contributed by atoms with Crippen LogP contribution in [0.2, 0.25) is 0 Å². The topological polar surface area (TPSA) is 79.3 Å². The molecule has 92 valence electrons. The molecule has 2 N–H and O–H groups in total. The number of carbonyl (C=O) groups excluding carboxylic acids is 1. The van der Waals surface area contributed by atoms with Crippen LogP contribution in [-0.2, 0) is 16.0 Å². The summed E-state index contributed by atoms with van der Waals surface area (Å²) in [5.41, 5.74) is 0.864. The minimum absolute atomic E-state index is 0.0431. The highest BCUT2D eigenvalue weighted by Gasteiger charge is 2.13. The Balaban J connectivity index is 2.45. The number of nitrogens with zero attached hydrogens (tertiary/aromatic N) is 1. The Hall–Kier alpha value is -1.91. The molecule has 5 nitrogen and oxygen atoms in total. The van der Waals surface area contributed by atoms with Gasteiger partial charge < -0.3 is 10.4 Å². The molecule has 0 aromatic carbocycles. The van der Waals surface area contributed by atoms with Crippen molar-refractivity contribution in [2.75, 3.05) is 0 Å². The molecular formula is C12H16N2O3. The Morgan fingerprint density at radius 2 is 2.06 bits per heavy atom. The first kappa shape index (κ1) is 13.2. The molecule has 1 aromatic heterocycles. The van der Waals surface area contributed by atoms with E-state index >= 15 is 0 Å². The molecular weight excluding hydrogens is 220 g/mol. The first-order chi connectivity index (χ1) is 8.11. The average Bonchev–Trinajstić information content (AvgIpc) is 2.28. The van der Waals surface area contributed by atoms with Crippen molar-refractivity contribution in [3.8, 4) is 0 Å². The second-order valence-corrected chi connectivity index (χ2v) is 3.80.